The molecular weight excluding hydrogens is 447 g/mol. The number of amides is 2. The van der Waals surface area contributed by atoms with Gasteiger partial charge in [0.2, 0.25) is 0 Å². The van der Waals surface area contributed by atoms with E-state index >= 15 is 8.78 Å². The van der Waals surface area contributed by atoms with Crippen molar-refractivity contribution in [3.8, 4) is 0 Å². The summed E-state index contributed by atoms with van der Waals surface area (Å²) in [5.41, 5.74) is -2.04. The number of piperidine rings is 1. The van der Waals surface area contributed by atoms with Gasteiger partial charge in [0, 0.05) is 23.8 Å². The third-order valence-corrected chi connectivity index (χ3v) is 6.27. The predicted octanol–water partition coefficient (Wildman–Crippen LogP) is 4.27. The SMILES string of the molecule is Cc1cc(NC(=O)c2cc(C(F)(F)C(=O)N3[C@@H]4CC[C@H]3CC(O)C4)c(F)cc2F)ccc1F. The lowest BCUT2D eigenvalue weighted by molar-refractivity contribution is -0.166. The van der Waals surface area contributed by atoms with Crippen LogP contribution in [0.5, 0.6) is 0 Å². The van der Waals surface area contributed by atoms with Crippen LogP contribution < -0.4 is 5.32 Å². The minimum atomic E-state index is -4.36. The number of nitrogens with zero attached hydrogens (tertiary/aromatic N) is 1. The van der Waals surface area contributed by atoms with Gasteiger partial charge in [-0.2, -0.15) is 8.78 Å². The lowest BCUT2D eigenvalue weighted by atomic mass is 9.96. The Labute approximate surface area is 186 Å². The number of anilines is 1. The summed E-state index contributed by atoms with van der Waals surface area (Å²) in [6.45, 7) is 1.43. The van der Waals surface area contributed by atoms with E-state index in [0.29, 0.717) is 18.9 Å². The molecule has 3 atom stereocenters. The number of aliphatic hydroxyl groups excluding tert-OH is 1. The summed E-state index contributed by atoms with van der Waals surface area (Å²) in [5, 5.41) is 12.1. The van der Waals surface area contributed by atoms with Gasteiger partial charge in [-0.25, -0.2) is 13.2 Å². The molecule has 2 saturated heterocycles. The second-order valence-electron chi connectivity index (χ2n) is 8.53. The van der Waals surface area contributed by atoms with Crippen molar-refractivity contribution in [3.05, 3.63) is 64.5 Å². The summed E-state index contributed by atoms with van der Waals surface area (Å²) in [7, 11) is 0. The van der Waals surface area contributed by atoms with E-state index in [0.717, 1.165) is 11.0 Å². The number of halogens is 5. The fourth-order valence-electron chi connectivity index (χ4n) is 4.64. The molecule has 0 radical (unpaired) electrons. The topological polar surface area (TPSA) is 69.6 Å². The van der Waals surface area contributed by atoms with Gasteiger partial charge in [-0.15, -0.1) is 0 Å². The molecule has 2 fully saturated rings. The summed E-state index contributed by atoms with van der Waals surface area (Å²) in [5.74, 6) is -10.8. The van der Waals surface area contributed by atoms with Crippen molar-refractivity contribution in [1.82, 2.24) is 4.90 Å². The summed E-state index contributed by atoms with van der Waals surface area (Å²) in [6.07, 6.45) is 0.484. The van der Waals surface area contributed by atoms with E-state index in [1.807, 2.05) is 0 Å². The molecule has 4 rings (SSSR count). The molecule has 5 nitrogen and oxygen atoms in total. The van der Waals surface area contributed by atoms with Gasteiger partial charge in [-0.3, -0.25) is 9.59 Å². The number of hydrogen-bond acceptors (Lipinski definition) is 3. The molecule has 33 heavy (non-hydrogen) atoms. The second-order valence-corrected chi connectivity index (χ2v) is 8.53. The van der Waals surface area contributed by atoms with Gasteiger partial charge in [0.15, 0.2) is 0 Å². The van der Waals surface area contributed by atoms with Crippen molar-refractivity contribution in [1.29, 1.82) is 0 Å². The third-order valence-electron chi connectivity index (χ3n) is 6.27. The molecule has 2 N–H and O–H groups in total. The van der Waals surface area contributed by atoms with Crippen molar-refractivity contribution >= 4 is 17.5 Å². The van der Waals surface area contributed by atoms with Crippen molar-refractivity contribution in [3.63, 3.8) is 0 Å². The molecule has 10 heteroatoms. The van der Waals surface area contributed by atoms with Crippen LogP contribution >= 0.6 is 0 Å². The highest BCUT2D eigenvalue weighted by molar-refractivity contribution is 6.04. The fraction of sp³-hybridized carbons (Fsp3) is 0.391. The molecule has 2 amide bonds. The van der Waals surface area contributed by atoms with Crippen LogP contribution in [0.25, 0.3) is 0 Å². The molecule has 2 aliphatic heterocycles. The quantitative estimate of drug-likeness (QED) is 0.659. The van der Waals surface area contributed by atoms with Gasteiger partial charge in [-0.1, -0.05) is 0 Å². The van der Waals surface area contributed by atoms with Crippen LogP contribution in [0.15, 0.2) is 30.3 Å². The Morgan fingerprint density at radius 1 is 1.00 bits per heavy atom. The van der Waals surface area contributed by atoms with E-state index in [4.69, 9.17) is 0 Å². The monoisotopic (exact) mass is 468 g/mol. The number of nitrogens with one attached hydrogen (secondary N) is 1. The molecule has 2 heterocycles. The highest BCUT2D eigenvalue weighted by atomic mass is 19.3. The van der Waals surface area contributed by atoms with Crippen LogP contribution in [0.3, 0.4) is 0 Å². The smallest absolute Gasteiger partial charge is 0.352 e. The Morgan fingerprint density at radius 2 is 1.64 bits per heavy atom. The summed E-state index contributed by atoms with van der Waals surface area (Å²) < 4.78 is 72.5. The maximum absolute atomic E-state index is 15.2. The van der Waals surface area contributed by atoms with E-state index in [2.05, 4.69) is 5.32 Å². The molecule has 2 bridgehead atoms. The first-order chi connectivity index (χ1) is 15.5. The van der Waals surface area contributed by atoms with E-state index in [9.17, 15) is 27.9 Å². The van der Waals surface area contributed by atoms with Gasteiger partial charge in [0.25, 0.3) is 11.8 Å². The zero-order valence-corrected chi connectivity index (χ0v) is 17.5. The van der Waals surface area contributed by atoms with Gasteiger partial charge >= 0.3 is 5.92 Å². The average Bonchev–Trinajstić information content (AvgIpc) is 3.00. The van der Waals surface area contributed by atoms with Crippen molar-refractivity contribution < 1.29 is 36.6 Å². The number of aryl methyl sites for hydroxylation is 1. The maximum atomic E-state index is 15.2. The molecule has 2 aromatic carbocycles. The van der Waals surface area contributed by atoms with Crippen molar-refractivity contribution in [2.45, 2.75) is 56.7 Å². The zero-order valence-electron chi connectivity index (χ0n) is 17.5. The number of benzene rings is 2. The number of fused-ring (bicyclic) bond motifs is 2. The number of alkyl halides is 2. The van der Waals surface area contributed by atoms with Gasteiger partial charge in [0.05, 0.1) is 17.2 Å². The summed E-state index contributed by atoms with van der Waals surface area (Å²) in [4.78, 5) is 26.3. The molecule has 2 aliphatic rings. The van der Waals surface area contributed by atoms with Gasteiger partial charge in [-0.05, 0) is 62.4 Å². The first kappa shape index (κ1) is 23.2. The Morgan fingerprint density at radius 3 is 2.24 bits per heavy atom. The van der Waals surface area contributed by atoms with E-state index in [1.54, 1.807) is 0 Å². The molecule has 0 spiro atoms. The van der Waals surface area contributed by atoms with Gasteiger partial charge < -0.3 is 15.3 Å². The molecule has 0 saturated carbocycles. The standard InChI is InChI=1S/C23H21F5N2O3/c1-11-6-12(2-5-18(11)24)29-21(32)16-9-17(20(26)10-19(16)25)23(27,28)22(33)30-13-3-4-14(30)8-15(31)7-13/h2,5-6,9-10,13-15,31H,3-4,7-8H2,1H3,(H,29,32)/t13-,14+,15?. The molecule has 176 valence electrons. The molecule has 1 unspecified atom stereocenters. The first-order valence-electron chi connectivity index (χ1n) is 10.4. The molecular formula is C23H21F5N2O3. The lowest BCUT2D eigenvalue weighted by Gasteiger charge is -2.39. The fourth-order valence-corrected chi connectivity index (χ4v) is 4.64. The van der Waals surface area contributed by atoms with E-state index < -0.39 is 64.5 Å². The first-order valence-corrected chi connectivity index (χ1v) is 10.4. The third kappa shape index (κ3) is 4.19. The van der Waals surface area contributed by atoms with Crippen LogP contribution in [0.2, 0.25) is 0 Å². The van der Waals surface area contributed by atoms with Crippen LogP contribution in [0.1, 0.15) is 47.2 Å². The number of hydrogen-bond donors (Lipinski definition) is 2. The van der Waals surface area contributed by atoms with Gasteiger partial charge in [0.1, 0.15) is 17.5 Å². The van der Waals surface area contributed by atoms with Crippen molar-refractivity contribution in [2.75, 3.05) is 5.32 Å². The lowest BCUT2D eigenvalue weighted by Crippen LogP contribution is -2.53. The van der Waals surface area contributed by atoms with Crippen LogP contribution in [-0.4, -0.2) is 40.0 Å². The molecule has 0 aliphatic carbocycles. The normalized spacial score (nSPS) is 22.4. The Kier molecular flexibility index (Phi) is 5.90. The van der Waals surface area contributed by atoms with Crippen LogP contribution in [0, 0.1) is 24.4 Å². The number of aliphatic hydroxyl groups is 1. The minimum Gasteiger partial charge on any atom is -0.393 e. The Balaban J connectivity index is 1.64. The number of carbonyl (C=O) groups is 2. The molecule has 0 aromatic heterocycles. The largest absolute Gasteiger partial charge is 0.393 e. The summed E-state index contributed by atoms with van der Waals surface area (Å²) >= 11 is 0. The van der Waals surface area contributed by atoms with Crippen molar-refractivity contribution in [2.24, 2.45) is 0 Å². The number of rotatable bonds is 4. The zero-order chi connectivity index (χ0) is 24.1. The van der Waals surface area contributed by atoms with E-state index in [-0.39, 0.29) is 30.2 Å². The Hall–Kier alpha value is -3.01. The highest BCUT2D eigenvalue weighted by Crippen LogP contribution is 2.41. The van der Waals surface area contributed by atoms with Crippen LogP contribution in [0.4, 0.5) is 27.6 Å². The average molecular weight is 468 g/mol. The van der Waals surface area contributed by atoms with E-state index in [1.165, 1.54) is 19.1 Å². The predicted molar refractivity (Wildman–Crippen MR) is 108 cm³/mol. The summed E-state index contributed by atoms with van der Waals surface area (Å²) in [6, 6.07) is 2.80. The second kappa shape index (κ2) is 8.40. The highest BCUT2D eigenvalue weighted by Gasteiger charge is 2.53. The maximum Gasteiger partial charge on any atom is 0.352 e. The Bertz CT molecular complexity index is 1110. The van der Waals surface area contributed by atoms with Crippen LogP contribution in [-0.2, 0) is 10.7 Å². The number of carbonyl (C=O) groups excluding carboxylic acids is 2. The molecule has 2 aromatic rings. The minimum absolute atomic E-state index is 0.0791.